The zero-order valence-corrected chi connectivity index (χ0v) is 14.3. The fourth-order valence-electron chi connectivity index (χ4n) is 2.70. The van der Waals surface area contributed by atoms with Crippen molar-refractivity contribution in [3.05, 3.63) is 52.5 Å². The molecule has 0 bridgehead atoms. The van der Waals surface area contributed by atoms with Crippen molar-refractivity contribution in [3.8, 4) is 11.4 Å². The third-order valence-electron chi connectivity index (χ3n) is 3.94. The summed E-state index contributed by atoms with van der Waals surface area (Å²) in [5.74, 6) is 2.19. The van der Waals surface area contributed by atoms with Gasteiger partial charge in [0, 0.05) is 22.0 Å². The number of rotatable bonds is 4. The van der Waals surface area contributed by atoms with Crippen LogP contribution in [0.1, 0.15) is 18.3 Å². The molecule has 0 atom stereocenters. The molecule has 0 aliphatic rings. The summed E-state index contributed by atoms with van der Waals surface area (Å²) in [7, 11) is 0. The molecule has 24 heavy (non-hydrogen) atoms. The maximum Gasteiger partial charge on any atom is 0.206 e. The zero-order valence-electron chi connectivity index (χ0n) is 13.5. The van der Waals surface area contributed by atoms with Crippen LogP contribution in [0, 0.1) is 6.92 Å². The van der Waals surface area contributed by atoms with Gasteiger partial charge in [-0.2, -0.15) is 11.3 Å². The number of H-pyrrole nitrogens is 1. The second kappa shape index (κ2) is 6.05. The van der Waals surface area contributed by atoms with Crippen LogP contribution in [-0.2, 0) is 6.42 Å². The molecule has 0 saturated carbocycles. The van der Waals surface area contributed by atoms with E-state index in [2.05, 4.69) is 32.6 Å². The number of para-hydroxylation sites is 1. The van der Waals surface area contributed by atoms with Crippen LogP contribution < -0.4 is 5.32 Å². The van der Waals surface area contributed by atoms with E-state index in [1.807, 2.05) is 42.6 Å². The van der Waals surface area contributed by atoms with Crippen LogP contribution in [0.4, 0.5) is 11.8 Å². The lowest BCUT2D eigenvalue weighted by Crippen LogP contribution is -2.00. The first-order chi connectivity index (χ1) is 11.7. The van der Waals surface area contributed by atoms with Gasteiger partial charge in [-0.1, -0.05) is 19.1 Å². The first-order valence-electron chi connectivity index (χ1n) is 7.86. The van der Waals surface area contributed by atoms with Gasteiger partial charge in [0.2, 0.25) is 5.95 Å². The molecule has 0 saturated heterocycles. The predicted octanol–water partition coefficient (Wildman–Crippen LogP) is 4.70. The van der Waals surface area contributed by atoms with Gasteiger partial charge in [-0.25, -0.2) is 15.0 Å². The fourth-order valence-corrected chi connectivity index (χ4v) is 3.34. The number of aryl methyl sites for hydroxylation is 2. The summed E-state index contributed by atoms with van der Waals surface area (Å²) in [6.07, 6.45) is 0.898. The molecule has 2 N–H and O–H groups in total. The lowest BCUT2D eigenvalue weighted by atomic mass is 10.2. The molecule has 3 heterocycles. The second-order valence-electron chi connectivity index (χ2n) is 5.56. The normalized spacial score (nSPS) is 11.1. The molecular formula is C18H17N5S. The van der Waals surface area contributed by atoms with E-state index in [4.69, 9.17) is 4.98 Å². The lowest BCUT2D eigenvalue weighted by molar-refractivity contribution is 1.04. The number of aromatic amines is 1. The number of aromatic nitrogens is 4. The summed E-state index contributed by atoms with van der Waals surface area (Å²) in [6.45, 7) is 4.13. The largest absolute Gasteiger partial charge is 0.328 e. The van der Waals surface area contributed by atoms with Crippen molar-refractivity contribution in [1.82, 2.24) is 19.9 Å². The van der Waals surface area contributed by atoms with Crippen LogP contribution in [0.2, 0.25) is 0 Å². The molecular weight excluding hydrogens is 318 g/mol. The first kappa shape index (κ1) is 14.8. The fraction of sp³-hybridized carbons (Fsp3) is 0.167. The molecule has 1 aromatic carbocycles. The van der Waals surface area contributed by atoms with Gasteiger partial charge in [0.05, 0.1) is 11.2 Å². The number of fused-ring (bicyclic) bond motifs is 1. The van der Waals surface area contributed by atoms with Gasteiger partial charge in [-0.3, -0.25) is 0 Å². The molecule has 3 aromatic heterocycles. The van der Waals surface area contributed by atoms with E-state index < -0.39 is 0 Å². The predicted molar refractivity (Wildman–Crippen MR) is 98.8 cm³/mol. The minimum atomic E-state index is 0.712. The Hall–Kier alpha value is -2.73. The van der Waals surface area contributed by atoms with Crippen molar-refractivity contribution in [3.63, 3.8) is 0 Å². The Bertz CT molecular complexity index is 988. The van der Waals surface area contributed by atoms with Crippen LogP contribution >= 0.6 is 11.3 Å². The third-order valence-corrected chi connectivity index (χ3v) is 4.62. The van der Waals surface area contributed by atoms with Crippen LogP contribution in [0.15, 0.2) is 41.1 Å². The molecule has 0 unspecified atom stereocenters. The van der Waals surface area contributed by atoms with Crippen LogP contribution in [0.5, 0.6) is 0 Å². The number of nitrogens with one attached hydrogen (secondary N) is 2. The summed E-state index contributed by atoms with van der Waals surface area (Å²) in [6, 6.07) is 10.0. The molecule has 5 nitrogen and oxygen atoms in total. The average molecular weight is 335 g/mol. The van der Waals surface area contributed by atoms with E-state index in [0.29, 0.717) is 5.95 Å². The topological polar surface area (TPSA) is 66.5 Å². The standard InChI is InChI=1S/C18H17N5S/c1-3-14-11(2)19-18(21-14)23-17-13-6-4-5-7-15(13)20-16(22-17)12-8-9-24-10-12/h4-10H,3H2,1-2H3,(H2,19,20,21,22,23). The number of nitrogens with zero attached hydrogens (tertiary/aromatic N) is 3. The quantitative estimate of drug-likeness (QED) is 0.567. The minimum absolute atomic E-state index is 0.712. The van der Waals surface area contributed by atoms with Crippen molar-refractivity contribution in [2.45, 2.75) is 20.3 Å². The molecule has 0 spiro atoms. The van der Waals surface area contributed by atoms with Gasteiger partial charge in [0.1, 0.15) is 5.82 Å². The van der Waals surface area contributed by atoms with E-state index in [-0.39, 0.29) is 0 Å². The molecule has 6 heteroatoms. The monoisotopic (exact) mass is 335 g/mol. The Labute approximate surface area is 143 Å². The molecule has 4 aromatic rings. The van der Waals surface area contributed by atoms with E-state index in [1.54, 1.807) is 11.3 Å². The maximum atomic E-state index is 4.73. The SMILES string of the molecule is CCc1nc(Nc2nc(-c3ccsc3)nc3ccccc23)[nH]c1C. The van der Waals surface area contributed by atoms with Gasteiger partial charge >= 0.3 is 0 Å². The number of hydrogen-bond acceptors (Lipinski definition) is 5. The van der Waals surface area contributed by atoms with Crippen LogP contribution in [0.3, 0.4) is 0 Å². The highest BCUT2D eigenvalue weighted by molar-refractivity contribution is 7.08. The molecule has 0 aliphatic heterocycles. The Balaban J connectivity index is 1.83. The highest BCUT2D eigenvalue weighted by Gasteiger charge is 2.12. The second-order valence-corrected chi connectivity index (χ2v) is 6.34. The molecule has 0 amide bonds. The van der Waals surface area contributed by atoms with Crippen molar-refractivity contribution in [2.24, 2.45) is 0 Å². The van der Waals surface area contributed by atoms with Crippen molar-refractivity contribution >= 4 is 34.0 Å². The lowest BCUT2D eigenvalue weighted by Gasteiger charge is -2.08. The summed E-state index contributed by atoms with van der Waals surface area (Å²) in [5, 5.41) is 8.39. The Morgan fingerprint density at radius 2 is 2.00 bits per heavy atom. The maximum absolute atomic E-state index is 4.73. The van der Waals surface area contributed by atoms with Gasteiger partial charge in [0.25, 0.3) is 0 Å². The van der Waals surface area contributed by atoms with Crippen LogP contribution in [-0.4, -0.2) is 19.9 Å². The highest BCUT2D eigenvalue weighted by atomic mass is 32.1. The Kier molecular flexibility index (Phi) is 3.74. The molecule has 0 fully saturated rings. The molecule has 120 valence electrons. The van der Waals surface area contributed by atoms with E-state index in [0.717, 1.165) is 45.9 Å². The average Bonchev–Trinajstić information content (AvgIpc) is 3.24. The van der Waals surface area contributed by atoms with E-state index in [9.17, 15) is 0 Å². The summed E-state index contributed by atoms with van der Waals surface area (Å²) in [4.78, 5) is 17.3. The zero-order chi connectivity index (χ0) is 16.5. The molecule has 4 rings (SSSR count). The van der Waals surface area contributed by atoms with Gasteiger partial charge < -0.3 is 10.3 Å². The number of thiophene rings is 1. The Morgan fingerprint density at radius 3 is 2.75 bits per heavy atom. The van der Waals surface area contributed by atoms with Gasteiger partial charge in [-0.15, -0.1) is 0 Å². The van der Waals surface area contributed by atoms with E-state index in [1.165, 1.54) is 0 Å². The third kappa shape index (κ3) is 2.65. The van der Waals surface area contributed by atoms with Crippen molar-refractivity contribution in [1.29, 1.82) is 0 Å². The smallest absolute Gasteiger partial charge is 0.206 e. The van der Waals surface area contributed by atoms with E-state index >= 15 is 0 Å². The van der Waals surface area contributed by atoms with Gasteiger partial charge in [-0.05, 0) is 36.9 Å². The molecule has 0 aliphatic carbocycles. The number of imidazole rings is 1. The summed E-state index contributed by atoms with van der Waals surface area (Å²) < 4.78 is 0. The highest BCUT2D eigenvalue weighted by Crippen LogP contribution is 2.27. The molecule has 0 radical (unpaired) electrons. The van der Waals surface area contributed by atoms with Crippen LogP contribution in [0.25, 0.3) is 22.3 Å². The number of anilines is 2. The Morgan fingerprint density at radius 1 is 1.12 bits per heavy atom. The summed E-state index contributed by atoms with van der Waals surface area (Å²) in [5.41, 5.74) is 4.08. The number of hydrogen-bond donors (Lipinski definition) is 2. The number of benzene rings is 1. The van der Waals surface area contributed by atoms with Crippen molar-refractivity contribution < 1.29 is 0 Å². The first-order valence-corrected chi connectivity index (χ1v) is 8.80. The summed E-state index contributed by atoms with van der Waals surface area (Å²) >= 11 is 1.64. The van der Waals surface area contributed by atoms with Crippen molar-refractivity contribution in [2.75, 3.05) is 5.32 Å². The minimum Gasteiger partial charge on any atom is -0.328 e. The van der Waals surface area contributed by atoms with Gasteiger partial charge in [0.15, 0.2) is 5.82 Å².